The van der Waals surface area contributed by atoms with E-state index in [1.165, 1.54) is 17.7 Å². The largest absolute Gasteiger partial charge is 0.477 e. The molecule has 2 amide bonds. The lowest BCUT2D eigenvalue weighted by atomic mass is 10.1. The number of hydrogen-bond acceptors (Lipinski definition) is 6. The van der Waals surface area contributed by atoms with E-state index in [9.17, 15) is 14.9 Å². The molecule has 8 heteroatoms. The number of benzene rings is 1. The maximum Gasteiger partial charge on any atom is 0.265 e. The number of anilines is 2. The Bertz CT molecular complexity index is 1130. The summed E-state index contributed by atoms with van der Waals surface area (Å²) in [5, 5.41) is 13.4. The number of nitrogens with one attached hydrogen (secondary N) is 1. The monoisotopic (exact) mass is 492 g/mol. The fraction of sp³-hybridized carbons (Fsp3) is 0.519. The van der Waals surface area contributed by atoms with Gasteiger partial charge in [-0.1, -0.05) is 18.6 Å². The maximum atomic E-state index is 13.1. The zero-order valence-corrected chi connectivity index (χ0v) is 20.9. The average molecular weight is 493 g/mol. The number of rotatable bonds is 5. The predicted octanol–water partition coefficient (Wildman–Crippen LogP) is 4.50. The van der Waals surface area contributed by atoms with Gasteiger partial charge in [-0.3, -0.25) is 9.59 Å². The van der Waals surface area contributed by atoms with Crippen LogP contribution in [-0.4, -0.2) is 49.0 Å². The summed E-state index contributed by atoms with van der Waals surface area (Å²) in [6.07, 6.45) is 8.28. The van der Waals surface area contributed by atoms with Crippen molar-refractivity contribution in [2.24, 2.45) is 0 Å². The normalized spacial score (nSPS) is 19.6. The first-order valence-corrected chi connectivity index (χ1v) is 13.6. The second-order valence-electron chi connectivity index (χ2n) is 9.58. The van der Waals surface area contributed by atoms with Gasteiger partial charge in [0.2, 0.25) is 5.91 Å². The molecule has 184 valence electrons. The molecular weight excluding hydrogens is 460 g/mol. The van der Waals surface area contributed by atoms with E-state index in [0.717, 1.165) is 62.9 Å². The second kappa shape index (κ2) is 10.7. The molecule has 7 nitrogen and oxygen atoms in total. The van der Waals surface area contributed by atoms with Gasteiger partial charge in [-0.2, -0.15) is 5.26 Å². The third kappa shape index (κ3) is 5.15. The van der Waals surface area contributed by atoms with Crippen LogP contribution in [0.2, 0.25) is 0 Å². The average Bonchev–Trinajstić information content (AvgIpc) is 3.05. The number of amides is 2. The van der Waals surface area contributed by atoms with Crippen molar-refractivity contribution in [1.29, 1.82) is 5.26 Å². The lowest BCUT2D eigenvalue weighted by Gasteiger charge is -2.38. The molecule has 3 aliphatic rings. The first-order valence-electron chi connectivity index (χ1n) is 12.8. The van der Waals surface area contributed by atoms with E-state index in [1.807, 2.05) is 29.2 Å². The molecule has 2 aromatic rings. The molecule has 1 fully saturated rings. The molecule has 0 spiro atoms. The number of fused-ring (bicyclic) bond motifs is 2. The van der Waals surface area contributed by atoms with E-state index >= 15 is 0 Å². The molecule has 0 bridgehead atoms. The van der Waals surface area contributed by atoms with Crippen molar-refractivity contribution >= 4 is 33.8 Å². The van der Waals surface area contributed by atoms with E-state index < -0.39 is 6.10 Å². The molecule has 1 aromatic heterocycles. The summed E-state index contributed by atoms with van der Waals surface area (Å²) < 4.78 is 6.10. The number of aryl methyl sites for hydroxylation is 1. The lowest BCUT2D eigenvalue weighted by Crippen LogP contribution is -2.51. The Hall–Kier alpha value is -3.05. The van der Waals surface area contributed by atoms with Gasteiger partial charge in [0.25, 0.3) is 5.91 Å². The number of hydrogen-bond donors (Lipinski definition) is 1. The number of carbonyl (C=O) groups excluding carboxylic acids is 2. The van der Waals surface area contributed by atoms with Gasteiger partial charge in [0.05, 0.1) is 17.8 Å². The molecule has 3 heterocycles. The minimum Gasteiger partial charge on any atom is -0.477 e. The molecule has 35 heavy (non-hydrogen) atoms. The summed E-state index contributed by atoms with van der Waals surface area (Å²) in [5.74, 6) is 0.608. The Kier molecular flexibility index (Phi) is 7.24. The number of carbonyl (C=O) groups is 2. The highest BCUT2D eigenvalue weighted by molar-refractivity contribution is 7.16. The summed E-state index contributed by atoms with van der Waals surface area (Å²) >= 11 is 1.56. The minimum absolute atomic E-state index is 0.0346. The van der Waals surface area contributed by atoms with Crippen molar-refractivity contribution in [3.8, 4) is 11.8 Å². The van der Waals surface area contributed by atoms with Crippen LogP contribution in [0.3, 0.4) is 0 Å². The number of para-hydroxylation sites is 2. The molecule has 1 aromatic carbocycles. The number of nitrogens with zero attached hydrogens (tertiary/aromatic N) is 3. The van der Waals surface area contributed by atoms with E-state index in [0.29, 0.717) is 29.4 Å². The van der Waals surface area contributed by atoms with Crippen LogP contribution in [0.5, 0.6) is 5.75 Å². The highest BCUT2D eigenvalue weighted by Crippen LogP contribution is 2.37. The number of ether oxygens (including phenoxy) is 1. The summed E-state index contributed by atoms with van der Waals surface area (Å²) in [7, 11) is 0. The molecule has 1 atom stereocenters. The van der Waals surface area contributed by atoms with Crippen LogP contribution in [0, 0.1) is 11.3 Å². The Balaban J connectivity index is 1.26. The third-order valence-electron chi connectivity index (χ3n) is 7.20. The highest BCUT2D eigenvalue weighted by Gasteiger charge is 2.34. The van der Waals surface area contributed by atoms with Crippen molar-refractivity contribution in [3.63, 3.8) is 0 Å². The lowest BCUT2D eigenvalue weighted by molar-refractivity contribution is -0.139. The Labute approximate surface area is 210 Å². The third-order valence-corrected chi connectivity index (χ3v) is 8.41. The summed E-state index contributed by atoms with van der Waals surface area (Å²) in [5.41, 5.74) is 2.68. The van der Waals surface area contributed by atoms with E-state index in [2.05, 4.69) is 16.3 Å². The topological polar surface area (TPSA) is 85.7 Å². The zero-order valence-electron chi connectivity index (χ0n) is 20.1. The van der Waals surface area contributed by atoms with Crippen LogP contribution in [0.4, 0.5) is 10.7 Å². The first-order chi connectivity index (χ1) is 17.1. The van der Waals surface area contributed by atoms with Gasteiger partial charge >= 0.3 is 0 Å². The molecule has 1 saturated heterocycles. The fourth-order valence-electron chi connectivity index (χ4n) is 5.34. The van der Waals surface area contributed by atoms with Gasteiger partial charge < -0.3 is 19.9 Å². The molecule has 0 radical (unpaired) electrons. The van der Waals surface area contributed by atoms with E-state index in [-0.39, 0.29) is 18.2 Å². The molecule has 1 aliphatic carbocycles. The molecular formula is C27H32N4O3S. The van der Waals surface area contributed by atoms with Gasteiger partial charge in [0.1, 0.15) is 16.8 Å². The van der Waals surface area contributed by atoms with Crippen LogP contribution in [0.25, 0.3) is 0 Å². The number of thiophene rings is 1. The molecule has 5 rings (SSSR count). The Morgan fingerprint density at radius 1 is 1.09 bits per heavy atom. The van der Waals surface area contributed by atoms with E-state index in [4.69, 9.17) is 4.74 Å². The standard InChI is InChI=1S/C27H32N4O3S/c28-17-20-19-9-3-1-4-12-24(19)35-26(20)29-25(32)13-16-31-18-23(27(33)30-14-7-2-8-15-30)34-22-11-6-5-10-21(22)31/h5-6,10-11,23H,1-4,7-9,12-16,18H2,(H,29,32). The van der Waals surface area contributed by atoms with Gasteiger partial charge in [-0.05, 0) is 62.6 Å². The van der Waals surface area contributed by atoms with Crippen molar-refractivity contribution in [2.45, 2.75) is 63.9 Å². The summed E-state index contributed by atoms with van der Waals surface area (Å²) in [4.78, 5) is 31.3. The quantitative estimate of drug-likeness (QED) is 0.622. The van der Waals surface area contributed by atoms with Gasteiger partial charge in [-0.25, -0.2) is 0 Å². The summed E-state index contributed by atoms with van der Waals surface area (Å²) in [6, 6.07) is 10.0. The van der Waals surface area contributed by atoms with Crippen LogP contribution >= 0.6 is 11.3 Å². The number of likely N-dealkylation sites (tertiary alicyclic amines) is 1. The highest BCUT2D eigenvalue weighted by atomic mass is 32.1. The van der Waals surface area contributed by atoms with Crippen LogP contribution in [0.1, 0.15) is 60.9 Å². The first kappa shape index (κ1) is 23.7. The van der Waals surface area contributed by atoms with Crippen LogP contribution in [0.15, 0.2) is 24.3 Å². The molecule has 1 unspecified atom stereocenters. The number of nitriles is 1. The van der Waals surface area contributed by atoms with Crippen molar-refractivity contribution in [2.75, 3.05) is 36.4 Å². The maximum absolute atomic E-state index is 13.1. The fourth-order valence-corrected chi connectivity index (χ4v) is 6.60. The minimum atomic E-state index is -0.566. The predicted molar refractivity (Wildman–Crippen MR) is 137 cm³/mol. The Morgan fingerprint density at radius 3 is 2.69 bits per heavy atom. The SMILES string of the molecule is N#Cc1c(NC(=O)CCN2CC(C(=O)N3CCCCC3)Oc3ccccc32)sc2c1CCCCC2. The van der Waals surface area contributed by atoms with Gasteiger partial charge in [0, 0.05) is 30.9 Å². The van der Waals surface area contributed by atoms with E-state index in [1.54, 1.807) is 11.3 Å². The zero-order chi connectivity index (χ0) is 24.2. The number of piperidine rings is 1. The van der Waals surface area contributed by atoms with Crippen molar-refractivity contribution in [3.05, 3.63) is 40.3 Å². The van der Waals surface area contributed by atoms with Gasteiger partial charge in [0.15, 0.2) is 6.10 Å². The van der Waals surface area contributed by atoms with Crippen LogP contribution in [-0.2, 0) is 22.4 Å². The molecule has 0 saturated carbocycles. The second-order valence-corrected chi connectivity index (χ2v) is 10.7. The summed E-state index contributed by atoms with van der Waals surface area (Å²) in [6.45, 7) is 2.48. The molecule has 1 N–H and O–H groups in total. The smallest absolute Gasteiger partial charge is 0.265 e. The molecule has 2 aliphatic heterocycles. The van der Waals surface area contributed by atoms with Crippen LogP contribution < -0.4 is 15.0 Å². The Morgan fingerprint density at radius 2 is 1.86 bits per heavy atom. The van der Waals surface area contributed by atoms with Gasteiger partial charge in [-0.15, -0.1) is 11.3 Å². The van der Waals surface area contributed by atoms with Crippen molar-refractivity contribution in [1.82, 2.24) is 4.90 Å². The van der Waals surface area contributed by atoms with Crippen molar-refractivity contribution < 1.29 is 14.3 Å².